The van der Waals surface area contributed by atoms with Gasteiger partial charge in [-0.05, 0) is 70.0 Å². The van der Waals surface area contributed by atoms with Crippen LogP contribution in [0.5, 0.6) is 0 Å². The molecular weight excluding hydrogens is 432 g/mol. The van der Waals surface area contributed by atoms with E-state index in [1.807, 2.05) is 39.1 Å². The maximum Gasteiger partial charge on any atom is 0.269 e. The summed E-state index contributed by atoms with van der Waals surface area (Å²) < 4.78 is 0. The van der Waals surface area contributed by atoms with Crippen LogP contribution in [-0.2, 0) is 9.59 Å². The lowest BCUT2D eigenvalue weighted by molar-refractivity contribution is -0.384. The van der Waals surface area contributed by atoms with Gasteiger partial charge in [0.1, 0.15) is 6.04 Å². The summed E-state index contributed by atoms with van der Waals surface area (Å²) >= 11 is 0. The largest absolute Gasteiger partial charge is 0.374 e. The number of nitrogens with one attached hydrogen (secondary N) is 1. The third kappa shape index (κ3) is 6.92. The third-order valence-corrected chi connectivity index (χ3v) is 6.17. The molecule has 1 saturated carbocycles. The molecule has 1 atom stereocenters. The molecule has 1 aliphatic heterocycles. The van der Waals surface area contributed by atoms with E-state index in [1.165, 1.54) is 12.1 Å². The van der Waals surface area contributed by atoms with Crippen LogP contribution in [0.25, 0.3) is 0 Å². The smallest absolute Gasteiger partial charge is 0.269 e. The fraction of sp³-hybridized carbons (Fsp3) is 0.538. The number of nitrogens with zero attached hydrogens (tertiary/aromatic N) is 3. The van der Waals surface area contributed by atoms with Crippen LogP contribution in [0.15, 0.2) is 48.7 Å². The fourth-order valence-electron chi connectivity index (χ4n) is 4.63. The Labute approximate surface area is 201 Å². The van der Waals surface area contributed by atoms with E-state index in [1.54, 1.807) is 17.0 Å². The first-order valence-corrected chi connectivity index (χ1v) is 12.1. The van der Waals surface area contributed by atoms with Crippen LogP contribution in [0.2, 0.25) is 0 Å². The van der Waals surface area contributed by atoms with Crippen molar-refractivity contribution in [2.75, 3.05) is 13.1 Å². The topological polar surface area (TPSA) is 95.8 Å². The third-order valence-electron chi connectivity index (χ3n) is 6.17. The Morgan fingerprint density at radius 1 is 1.18 bits per heavy atom. The number of nitro benzene ring substituents is 1. The minimum Gasteiger partial charge on any atom is -0.374 e. The average Bonchev–Trinajstić information content (AvgIpc) is 3.31. The zero-order valence-electron chi connectivity index (χ0n) is 20.4. The van der Waals surface area contributed by atoms with Crippen molar-refractivity contribution in [2.45, 2.75) is 76.9 Å². The van der Waals surface area contributed by atoms with E-state index in [2.05, 4.69) is 16.3 Å². The summed E-state index contributed by atoms with van der Waals surface area (Å²) in [4.78, 5) is 41.8. The average molecular weight is 469 g/mol. The lowest BCUT2D eigenvalue weighted by atomic mass is 9.98. The molecule has 1 aromatic rings. The second-order valence-electron chi connectivity index (χ2n) is 10.1. The van der Waals surface area contributed by atoms with Crippen molar-refractivity contribution in [3.63, 3.8) is 0 Å². The summed E-state index contributed by atoms with van der Waals surface area (Å²) in [6, 6.07) is 5.17. The van der Waals surface area contributed by atoms with E-state index >= 15 is 0 Å². The van der Waals surface area contributed by atoms with Gasteiger partial charge in [0.25, 0.3) is 5.69 Å². The first-order chi connectivity index (χ1) is 16.2. The van der Waals surface area contributed by atoms with E-state index in [0.717, 1.165) is 38.8 Å². The number of nitro groups is 1. The van der Waals surface area contributed by atoms with Gasteiger partial charge in [0, 0.05) is 43.2 Å². The molecule has 0 radical (unpaired) electrons. The maximum absolute atomic E-state index is 13.6. The lowest BCUT2D eigenvalue weighted by Gasteiger charge is -2.38. The zero-order chi connectivity index (χ0) is 24.7. The first-order valence-electron chi connectivity index (χ1n) is 12.1. The molecule has 2 aliphatic rings. The SMILES string of the molecule is CC(C)(C)NC(=O)C(c1ccc([N+](=O)[O-])cc1)N(C(=O)CCCN1C=CC=CC1)C1CCCC1. The Kier molecular flexibility index (Phi) is 8.47. The minimum absolute atomic E-state index is 0.0174. The Hall–Kier alpha value is -3.16. The molecule has 2 amide bonds. The number of hydrogen-bond acceptors (Lipinski definition) is 5. The number of benzene rings is 1. The second kappa shape index (κ2) is 11.3. The normalized spacial score (nSPS) is 17.0. The molecule has 1 heterocycles. The number of rotatable bonds is 9. The van der Waals surface area contributed by atoms with Crippen LogP contribution < -0.4 is 5.32 Å². The summed E-state index contributed by atoms with van der Waals surface area (Å²) in [5.41, 5.74) is 0.0760. The number of non-ortho nitro benzene ring substituents is 1. The lowest BCUT2D eigenvalue weighted by Crippen LogP contribution is -2.51. The quantitative estimate of drug-likeness (QED) is 0.426. The molecular formula is C26H36N4O4. The molecule has 1 fully saturated rings. The number of allylic oxidation sites excluding steroid dienone is 2. The molecule has 184 valence electrons. The molecule has 0 bridgehead atoms. The number of carbonyl (C=O) groups excluding carboxylic acids is 2. The molecule has 8 heteroatoms. The van der Waals surface area contributed by atoms with Crippen molar-refractivity contribution < 1.29 is 14.5 Å². The molecule has 1 aromatic carbocycles. The predicted molar refractivity (Wildman–Crippen MR) is 132 cm³/mol. The molecule has 1 aliphatic carbocycles. The molecule has 3 rings (SSSR count). The van der Waals surface area contributed by atoms with Crippen molar-refractivity contribution in [3.05, 3.63) is 64.4 Å². The molecule has 0 spiro atoms. The van der Waals surface area contributed by atoms with Crippen molar-refractivity contribution in [2.24, 2.45) is 0 Å². The van der Waals surface area contributed by atoms with Gasteiger partial charge in [0.15, 0.2) is 0 Å². The van der Waals surface area contributed by atoms with Gasteiger partial charge in [-0.3, -0.25) is 19.7 Å². The molecule has 8 nitrogen and oxygen atoms in total. The fourth-order valence-corrected chi connectivity index (χ4v) is 4.63. The Balaban J connectivity index is 1.86. The van der Waals surface area contributed by atoms with E-state index in [0.29, 0.717) is 18.4 Å². The second-order valence-corrected chi connectivity index (χ2v) is 10.1. The zero-order valence-corrected chi connectivity index (χ0v) is 20.4. The van der Waals surface area contributed by atoms with Gasteiger partial charge >= 0.3 is 0 Å². The van der Waals surface area contributed by atoms with Gasteiger partial charge < -0.3 is 15.1 Å². The number of amides is 2. The van der Waals surface area contributed by atoms with Crippen molar-refractivity contribution >= 4 is 17.5 Å². The van der Waals surface area contributed by atoms with Gasteiger partial charge in [-0.25, -0.2) is 0 Å². The van der Waals surface area contributed by atoms with Gasteiger partial charge in [0.2, 0.25) is 11.8 Å². The standard InChI is InChI=1S/C26H36N4O4/c1-26(2,3)27-25(32)24(20-13-15-22(16-14-20)30(33)34)29(21-10-5-6-11-21)23(31)12-9-19-28-17-7-4-8-18-28/h4,7-8,13-17,21,24H,5-6,9-12,18-19H2,1-3H3,(H,27,32). The summed E-state index contributed by atoms with van der Waals surface area (Å²) in [5.74, 6) is -0.304. The van der Waals surface area contributed by atoms with Gasteiger partial charge in [0.05, 0.1) is 4.92 Å². The summed E-state index contributed by atoms with van der Waals surface area (Å²) in [7, 11) is 0. The van der Waals surface area contributed by atoms with Crippen LogP contribution in [-0.4, -0.2) is 51.2 Å². The van der Waals surface area contributed by atoms with Crippen LogP contribution in [0.1, 0.15) is 70.9 Å². The monoisotopic (exact) mass is 468 g/mol. The van der Waals surface area contributed by atoms with Crippen molar-refractivity contribution in [3.8, 4) is 0 Å². The highest BCUT2D eigenvalue weighted by atomic mass is 16.6. The minimum atomic E-state index is -0.826. The Bertz CT molecular complexity index is 927. The van der Waals surface area contributed by atoms with Gasteiger partial charge in [-0.15, -0.1) is 0 Å². The Morgan fingerprint density at radius 2 is 1.85 bits per heavy atom. The van der Waals surface area contributed by atoms with E-state index in [4.69, 9.17) is 0 Å². The molecule has 1 N–H and O–H groups in total. The van der Waals surface area contributed by atoms with Crippen LogP contribution in [0, 0.1) is 10.1 Å². The molecule has 0 aromatic heterocycles. The summed E-state index contributed by atoms with van der Waals surface area (Å²) in [5, 5.41) is 14.2. The van der Waals surface area contributed by atoms with Crippen molar-refractivity contribution in [1.29, 1.82) is 0 Å². The summed E-state index contributed by atoms with van der Waals surface area (Å²) in [6.07, 6.45) is 12.9. The Morgan fingerprint density at radius 3 is 2.41 bits per heavy atom. The summed E-state index contributed by atoms with van der Waals surface area (Å²) in [6.45, 7) is 7.30. The predicted octanol–water partition coefficient (Wildman–Crippen LogP) is 4.49. The van der Waals surface area contributed by atoms with E-state index in [-0.39, 0.29) is 23.5 Å². The molecule has 34 heavy (non-hydrogen) atoms. The number of carbonyl (C=O) groups is 2. The maximum atomic E-state index is 13.6. The highest BCUT2D eigenvalue weighted by molar-refractivity contribution is 5.89. The van der Waals surface area contributed by atoms with Crippen LogP contribution in [0.4, 0.5) is 5.69 Å². The first kappa shape index (κ1) is 25.5. The van der Waals surface area contributed by atoms with E-state index in [9.17, 15) is 19.7 Å². The van der Waals surface area contributed by atoms with Gasteiger partial charge in [-0.2, -0.15) is 0 Å². The molecule has 0 saturated heterocycles. The number of hydrogen-bond donors (Lipinski definition) is 1. The van der Waals surface area contributed by atoms with E-state index < -0.39 is 16.5 Å². The highest BCUT2D eigenvalue weighted by Gasteiger charge is 2.38. The van der Waals surface area contributed by atoms with Crippen LogP contribution >= 0.6 is 0 Å². The van der Waals surface area contributed by atoms with Gasteiger partial charge in [-0.1, -0.05) is 25.0 Å². The highest BCUT2D eigenvalue weighted by Crippen LogP contribution is 2.33. The van der Waals surface area contributed by atoms with Crippen molar-refractivity contribution in [1.82, 2.24) is 15.1 Å². The van der Waals surface area contributed by atoms with Crippen LogP contribution in [0.3, 0.4) is 0 Å². The molecule has 1 unspecified atom stereocenters.